The molecular weight excluding hydrogens is 222 g/mol. The topological polar surface area (TPSA) is 29.9 Å². The van der Waals surface area contributed by atoms with Gasteiger partial charge in [0.15, 0.2) is 0 Å². The van der Waals surface area contributed by atoms with Crippen molar-refractivity contribution >= 4 is 0 Å². The van der Waals surface area contributed by atoms with Crippen LogP contribution in [0.4, 0.5) is 0 Å². The van der Waals surface area contributed by atoms with Crippen LogP contribution in [0, 0.1) is 0 Å². The molecule has 0 saturated carbocycles. The minimum atomic E-state index is 0.456. The Labute approximate surface area is 111 Å². The largest absolute Gasteiger partial charge is 0.314 e. The number of rotatable bonds is 9. The maximum absolute atomic E-state index is 4.70. The average Bonchev–Trinajstić information content (AvgIpc) is 2.80. The number of nitrogens with one attached hydrogen (secondary N) is 1. The van der Waals surface area contributed by atoms with E-state index < -0.39 is 0 Å². The second kappa shape index (κ2) is 8.09. The molecule has 1 unspecified atom stereocenters. The number of hydrogen-bond donors (Lipinski definition) is 1. The third-order valence-electron chi connectivity index (χ3n) is 3.38. The van der Waals surface area contributed by atoms with Gasteiger partial charge in [-0.25, -0.2) is 0 Å². The van der Waals surface area contributed by atoms with Gasteiger partial charge in [-0.1, -0.05) is 26.8 Å². The van der Waals surface area contributed by atoms with Gasteiger partial charge in [0.2, 0.25) is 0 Å². The summed E-state index contributed by atoms with van der Waals surface area (Å²) in [6, 6.07) is 3.14. The van der Waals surface area contributed by atoms with Gasteiger partial charge in [-0.05, 0) is 31.9 Å². The highest BCUT2D eigenvalue weighted by Crippen LogP contribution is 2.15. The molecule has 1 N–H and O–H groups in total. The summed E-state index contributed by atoms with van der Waals surface area (Å²) >= 11 is 0. The van der Waals surface area contributed by atoms with Crippen LogP contribution in [0.15, 0.2) is 24.9 Å². The van der Waals surface area contributed by atoms with Gasteiger partial charge in [0.1, 0.15) is 0 Å². The Morgan fingerprint density at radius 2 is 2.11 bits per heavy atom. The summed E-state index contributed by atoms with van der Waals surface area (Å²) in [5.74, 6) is 0. The third-order valence-corrected chi connectivity index (χ3v) is 3.38. The first-order chi connectivity index (χ1) is 8.74. The molecule has 0 aliphatic heterocycles. The Kier molecular flexibility index (Phi) is 6.73. The van der Waals surface area contributed by atoms with Crippen LogP contribution < -0.4 is 5.32 Å². The van der Waals surface area contributed by atoms with Gasteiger partial charge in [0.25, 0.3) is 0 Å². The van der Waals surface area contributed by atoms with Crippen LogP contribution in [0.1, 0.15) is 51.8 Å². The SMILES string of the molecule is C=CCC(Cc1ccn(C(CC)CC)n1)NCC. The van der Waals surface area contributed by atoms with Crippen LogP contribution in [-0.4, -0.2) is 22.4 Å². The first-order valence-electron chi connectivity index (χ1n) is 7.13. The molecule has 0 fully saturated rings. The van der Waals surface area contributed by atoms with Crippen LogP contribution >= 0.6 is 0 Å². The molecule has 18 heavy (non-hydrogen) atoms. The lowest BCUT2D eigenvalue weighted by Crippen LogP contribution is -2.30. The summed E-state index contributed by atoms with van der Waals surface area (Å²) in [6.45, 7) is 11.4. The highest BCUT2D eigenvalue weighted by atomic mass is 15.3. The van der Waals surface area contributed by atoms with Crippen molar-refractivity contribution in [3.8, 4) is 0 Å². The van der Waals surface area contributed by atoms with Crippen LogP contribution in [-0.2, 0) is 6.42 Å². The average molecular weight is 249 g/mol. The smallest absolute Gasteiger partial charge is 0.0640 e. The molecule has 0 aliphatic carbocycles. The second-order valence-electron chi connectivity index (χ2n) is 4.74. The molecular formula is C15H27N3. The van der Waals surface area contributed by atoms with Crippen molar-refractivity contribution < 1.29 is 0 Å². The van der Waals surface area contributed by atoms with Crippen molar-refractivity contribution in [3.63, 3.8) is 0 Å². The normalized spacial score (nSPS) is 12.9. The number of aromatic nitrogens is 2. The Balaban J connectivity index is 2.63. The van der Waals surface area contributed by atoms with Gasteiger partial charge in [-0.2, -0.15) is 5.10 Å². The molecule has 0 spiro atoms. The summed E-state index contributed by atoms with van der Waals surface area (Å²) in [6.07, 6.45) is 8.34. The molecule has 3 nitrogen and oxygen atoms in total. The summed E-state index contributed by atoms with van der Waals surface area (Å²) in [4.78, 5) is 0. The van der Waals surface area contributed by atoms with Crippen molar-refractivity contribution in [3.05, 3.63) is 30.6 Å². The van der Waals surface area contributed by atoms with Gasteiger partial charge >= 0.3 is 0 Å². The van der Waals surface area contributed by atoms with E-state index in [0.29, 0.717) is 12.1 Å². The van der Waals surface area contributed by atoms with E-state index in [0.717, 1.165) is 32.2 Å². The predicted molar refractivity (Wildman–Crippen MR) is 77.8 cm³/mol. The zero-order valence-corrected chi connectivity index (χ0v) is 12.0. The molecule has 0 aromatic carbocycles. The van der Waals surface area contributed by atoms with E-state index >= 15 is 0 Å². The van der Waals surface area contributed by atoms with E-state index in [1.165, 1.54) is 5.69 Å². The van der Waals surface area contributed by atoms with E-state index in [1.807, 2.05) is 6.08 Å². The lowest BCUT2D eigenvalue weighted by atomic mass is 10.1. The monoisotopic (exact) mass is 249 g/mol. The predicted octanol–water partition coefficient (Wildman–Crippen LogP) is 3.34. The van der Waals surface area contributed by atoms with Gasteiger partial charge in [0, 0.05) is 18.7 Å². The molecule has 0 amide bonds. The van der Waals surface area contributed by atoms with Gasteiger partial charge < -0.3 is 5.32 Å². The van der Waals surface area contributed by atoms with Crippen molar-refractivity contribution in [2.45, 2.75) is 58.5 Å². The highest BCUT2D eigenvalue weighted by molar-refractivity contribution is 5.03. The number of nitrogens with zero attached hydrogens (tertiary/aromatic N) is 2. The first kappa shape index (κ1) is 15.0. The molecule has 1 aromatic heterocycles. The molecule has 3 heteroatoms. The molecule has 1 heterocycles. The molecule has 102 valence electrons. The van der Waals surface area contributed by atoms with E-state index in [9.17, 15) is 0 Å². The zero-order chi connectivity index (χ0) is 13.4. The van der Waals surface area contributed by atoms with Crippen LogP contribution in [0.3, 0.4) is 0 Å². The number of likely N-dealkylation sites (N-methyl/N-ethyl adjacent to an activating group) is 1. The summed E-state index contributed by atoms with van der Waals surface area (Å²) in [5.41, 5.74) is 1.18. The first-order valence-corrected chi connectivity index (χ1v) is 7.13. The van der Waals surface area contributed by atoms with Crippen LogP contribution in [0.25, 0.3) is 0 Å². The Bertz CT molecular complexity index is 339. The Morgan fingerprint density at radius 1 is 1.39 bits per heavy atom. The summed E-state index contributed by atoms with van der Waals surface area (Å²) < 4.78 is 2.12. The van der Waals surface area contributed by atoms with Crippen molar-refractivity contribution in [2.24, 2.45) is 0 Å². The maximum Gasteiger partial charge on any atom is 0.0640 e. The Morgan fingerprint density at radius 3 is 2.67 bits per heavy atom. The lowest BCUT2D eigenvalue weighted by Gasteiger charge is -2.15. The quantitative estimate of drug-likeness (QED) is 0.680. The van der Waals surface area contributed by atoms with E-state index in [4.69, 9.17) is 5.10 Å². The van der Waals surface area contributed by atoms with E-state index in [1.54, 1.807) is 0 Å². The number of hydrogen-bond acceptors (Lipinski definition) is 2. The molecule has 1 rings (SSSR count). The zero-order valence-electron chi connectivity index (χ0n) is 12.0. The molecule has 0 bridgehead atoms. The van der Waals surface area contributed by atoms with E-state index in [2.05, 4.69) is 49.6 Å². The maximum atomic E-state index is 4.70. The van der Waals surface area contributed by atoms with Crippen LogP contribution in [0.2, 0.25) is 0 Å². The minimum absolute atomic E-state index is 0.456. The lowest BCUT2D eigenvalue weighted by molar-refractivity contribution is 0.422. The molecule has 0 radical (unpaired) electrons. The fourth-order valence-corrected chi connectivity index (χ4v) is 2.33. The summed E-state index contributed by atoms with van der Waals surface area (Å²) in [5, 5.41) is 8.18. The van der Waals surface area contributed by atoms with Gasteiger partial charge in [-0.3, -0.25) is 4.68 Å². The molecule has 0 saturated heterocycles. The Hall–Kier alpha value is -1.09. The fourth-order valence-electron chi connectivity index (χ4n) is 2.33. The van der Waals surface area contributed by atoms with Crippen LogP contribution in [0.5, 0.6) is 0 Å². The molecule has 1 atom stereocenters. The van der Waals surface area contributed by atoms with Crippen molar-refractivity contribution in [1.29, 1.82) is 0 Å². The fraction of sp³-hybridized carbons (Fsp3) is 0.667. The van der Waals surface area contributed by atoms with Gasteiger partial charge in [0.05, 0.1) is 11.7 Å². The van der Waals surface area contributed by atoms with Crippen molar-refractivity contribution in [2.75, 3.05) is 6.54 Å². The second-order valence-corrected chi connectivity index (χ2v) is 4.74. The summed E-state index contributed by atoms with van der Waals surface area (Å²) in [7, 11) is 0. The van der Waals surface area contributed by atoms with Gasteiger partial charge in [-0.15, -0.1) is 6.58 Å². The highest BCUT2D eigenvalue weighted by Gasteiger charge is 2.11. The standard InChI is InChI=1S/C15H27N3/c1-5-9-13(16-8-4)12-14-10-11-18(17-14)15(6-2)7-3/h5,10-11,13,15-16H,1,6-9,12H2,2-4H3. The minimum Gasteiger partial charge on any atom is -0.314 e. The molecule has 0 aliphatic rings. The van der Waals surface area contributed by atoms with Crippen molar-refractivity contribution in [1.82, 2.24) is 15.1 Å². The van der Waals surface area contributed by atoms with E-state index in [-0.39, 0.29) is 0 Å². The third kappa shape index (κ3) is 4.30. The molecule has 1 aromatic rings.